The van der Waals surface area contributed by atoms with Crippen molar-refractivity contribution < 1.29 is 14.6 Å². The number of rotatable bonds is 5. The molecule has 1 atom stereocenters. The van der Waals surface area contributed by atoms with Crippen LogP contribution >= 0.6 is 0 Å². The van der Waals surface area contributed by atoms with E-state index < -0.39 is 11.7 Å². The van der Waals surface area contributed by atoms with Gasteiger partial charge in [-0.05, 0) is 52.6 Å². The fraction of sp³-hybridized carbons (Fsp3) is 0.269. The summed E-state index contributed by atoms with van der Waals surface area (Å²) < 4.78 is 5.58. The van der Waals surface area contributed by atoms with E-state index in [1.807, 2.05) is 42.5 Å². The van der Waals surface area contributed by atoms with Crippen molar-refractivity contribution in [2.75, 3.05) is 13.2 Å². The molecule has 4 heteroatoms. The van der Waals surface area contributed by atoms with Gasteiger partial charge in [-0.15, -0.1) is 0 Å². The Balaban J connectivity index is 1.19. The summed E-state index contributed by atoms with van der Waals surface area (Å²) in [5.41, 5.74) is 6.13. The first-order valence-corrected chi connectivity index (χ1v) is 10.6. The number of hydrogen-bond donors (Lipinski definition) is 2. The molecule has 0 radical (unpaired) electrons. The van der Waals surface area contributed by atoms with Crippen molar-refractivity contribution in [1.82, 2.24) is 5.32 Å². The number of alkyl carbamates (subject to hydrolysis) is 1. The molecule has 1 unspecified atom stereocenters. The summed E-state index contributed by atoms with van der Waals surface area (Å²) >= 11 is 0. The van der Waals surface area contributed by atoms with Crippen molar-refractivity contribution in [3.63, 3.8) is 0 Å². The van der Waals surface area contributed by atoms with Crippen LogP contribution in [0.1, 0.15) is 41.0 Å². The molecule has 2 aliphatic carbocycles. The van der Waals surface area contributed by atoms with Gasteiger partial charge in [0.15, 0.2) is 0 Å². The number of carbonyl (C=O) groups is 1. The van der Waals surface area contributed by atoms with E-state index >= 15 is 0 Å². The fourth-order valence-electron chi connectivity index (χ4n) is 4.95. The smallest absolute Gasteiger partial charge is 0.407 e. The second-order valence-corrected chi connectivity index (χ2v) is 8.19. The van der Waals surface area contributed by atoms with Crippen molar-refractivity contribution in [2.45, 2.75) is 30.8 Å². The molecule has 152 valence electrons. The predicted molar refractivity (Wildman–Crippen MR) is 116 cm³/mol. The highest BCUT2D eigenvalue weighted by Gasteiger charge is 2.36. The summed E-state index contributed by atoms with van der Waals surface area (Å²) in [6, 6.07) is 24.6. The molecule has 2 aliphatic rings. The van der Waals surface area contributed by atoms with Crippen LogP contribution in [0.2, 0.25) is 0 Å². The largest absolute Gasteiger partial charge is 0.449 e. The maximum Gasteiger partial charge on any atom is 0.407 e. The molecule has 4 nitrogen and oxygen atoms in total. The molecule has 0 saturated carbocycles. The first kappa shape index (κ1) is 18.9. The molecule has 0 fully saturated rings. The summed E-state index contributed by atoms with van der Waals surface area (Å²) in [5, 5.41) is 13.8. The lowest BCUT2D eigenvalue weighted by molar-refractivity contribution is 0.0296. The van der Waals surface area contributed by atoms with Gasteiger partial charge in [-0.1, -0.05) is 72.8 Å². The van der Waals surface area contributed by atoms with E-state index in [4.69, 9.17) is 4.74 Å². The second-order valence-electron chi connectivity index (χ2n) is 8.19. The van der Waals surface area contributed by atoms with Crippen LogP contribution in [-0.2, 0) is 16.8 Å². The number of aliphatic hydroxyl groups is 1. The van der Waals surface area contributed by atoms with Crippen LogP contribution in [0.5, 0.6) is 0 Å². The quantitative estimate of drug-likeness (QED) is 0.651. The zero-order valence-corrected chi connectivity index (χ0v) is 16.8. The molecule has 0 bridgehead atoms. The zero-order chi connectivity index (χ0) is 20.6. The van der Waals surface area contributed by atoms with Gasteiger partial charge in [0.25, 0.3) is 0 Å². The molecule has 0 aliphatic heterocycles. The Kier molecular flexibility index (Phi) is 4.80. The maximum absolute atomic E-state index is 12.3. The van der Waals surface area contributed by atoms with E-state index in [1.165, 1.54) is 27.8 Å². The van der Waals surface area contributed by atoms with E-state index in [0.717, 1.165) is 12.0 Å². The molecule has 0 heterocycles. The van der Waals surface area contributed by atoms with Crippen LogP contribution in [-0.4, -0.2) is 24.4 Å². The van der Waals surface area contributed by atoms with E-state index in [2.05, 4.69) is 35.6 Å². The van der Waals surface area contributed by atoms with Crippen molar-refractivity contribution in [3.05, 3.63) is 95.1 Å². The lowest BCUT2D eigenvalue weighted by Gasteiger charge is -2.24. The molecule has 3 aromatic carbocycles. The van der Waals surface area contributed by atoms with E-state index in [-0.39, 0.29) is 5.92 Å². The number of hydrogen-bond acceptors (Lipinski definition) is 3. The summed E-state index contributed by atoms with van der Waals surface area (Å²) in [7, 11) is 0. The van der Waals surface area contributed by atoms with Crippen LogP contribution in [0.15, 0.2) is 72.8 Å². The predicted octanol–water partition coefficient (Wildman–Crippen LogP) is 4.75. The Morgan fingerprint density at radius 2 is 1.60 bits per heavy atom. The van der Waals surface area contributed by atoms with Gasteiger partial charge in [0, 0.05) is 12.5 Å². The SMILES string of the molecule is O=C(NCCC1(O)CCc2ccccc21)OCC1c2ccccc2-c2ccccc21. The zero-order valence-electron chi connectivity index (χ0n) is 16.8. The molecule has 0 spiro atoms. The van der Waals surface area contributed by atoms with Crippen molar-refractivity contribution in [3.8, 4) is 11.1 Å². The van der Waals surface area contributed by atoms with Crippen molar-refractivity contribution in [2.24, 2.45) is 0 Å². The molecule has 2 N–H and O–H groups in total. The number of nitrogens with one attached hydrogen (secondary N) is 1. The van der Waals surface area contributed by atoms with Gasteiger partial charge in [-0.2, -0.15) is 0 Å². The summed E-state index contributed by atoms with van der Waals surface area (Å²) in [6.45, 7) is 0.675. The average molecular weight is 399 g/mol. The topological polar surface area (TPSA) is 58.6 Å². The third-order valence-electron chi connectivity index (χ3n) is 6.48. The average Bonchev–Trinajstić information content (AvgIpc) is 3.28. The van der Waals surface area contributed by atoms with Gasteiger partial charge in [0.1, 0.15) is 6.61 Å². The van der Waals surface area contributed by atoms with Crippen molar-refractivity contribution >= 4 is 6.09 Å². The van der Waals surface area contributed by atoms with Gasteiger partial charge in [-0.3, -0.25) is 0 Å². The highest BCUT2D eigenvalue weighted by Crippen LogP contribution is 2.44. The van der Waals surface area contributed by atoms with Crippen molar-refractivity contribution in [1.29, 1.82) is 0 Å². The van der Waals surface area contributed by atoms with Gasteiger partial charge >= 0.3 is 6.09 Å². The Bertz CT molecular complexity index is 1050. The number of ether oxygens (including phenoxy) is 1. The Morgan fingerprint density at radius 3 is 2.33 bits per heavy atom. The number of benzene rings is 3. The molecular weight excluding hydrogens is 374 g/mol. The van der Waals surface area contributed by atoms with Crippen LogP contribution < -0.4 is 5.32 Å². The molecule has 30 heavy (non-hydrogen) atoms. The molecular formula is C26H25NO3. The molecule has 0 saturated heterocycles. The monoisotopic (exact) mass is 399 g/mol. The molecule has 3 aromatic rings. The summed E-state index contributed by atoms with van der Waals surface area (Å²) in [4.78, 5) is 12.3. The van der Waals surface area contributed by atoms with Gasteiger partial charge in [0.2, 0.25) is 0 Å². The number of amides is 1. The first-order chi connectivity index (χ1) is 14.7. The third-order valence-corrected chi connectivity index (χ3v) is 6.48. The van der Waals surface area contributed by atoms with E-state index in [1.54, 1.807) is 0 Å². The van der Waals surface area contributed by atoms with Crippen LogP contribution in [0.4, 0.5) is 4.79 Å². The highest BCUT2D eigenvalue weighted by atomic mass is 16.5. The van der Waals surface area contributed by atoms with Gasteiger partial charge < -0.3 is 15.2 Å². The normalized spacial score (nSPS) is 19.1. The van der Waals surface area contributed by atoms with E-state index in [0.29, 0.717) is 26.0 Å². The number of aryl methyl sites for hydroxylation is 1. The molecule has 1 amide bonds. The number of carbonyl (C=O) groups excluding carboxylic acids is 1. The minimum Gasteiger partial charge on any atom is -0.449 e. The third kappa shape index (κ3) is 3.27. The first-order valence-electron chi connectivity index (χ1n) is 10.6. The fourth-order valence-corrected chi connectivity index (χ4v) is 4.95. The summed E-state index contributed by atoms with van der Waals surface area (Å²) in [5.74, 6) is 0.0500. The highest BCUT2D eigenvalue weighted by molar-refractivity contribution is 5.79. The minimum atomic E-state index is -0.868. The Labute approximate surface area is 176 Å². The minimum absolute atomic E-state index is 0.0500. The standard InChI is InChI=1S/C26H25NO3/c28-25(27-16-15-26(29)14-13-18-7-1-6-12-24(18)26)30-17-23-21-10-4-2-8-19(21)20-9-3-5-11-22(20)23/h1-12,23,29H,13-17H2,(H,27,28). The Hall–Kier alpha value is -3.11. The van der Waals surface area contributed by atoms with Crippen LogP contribution in [0.25, 0.3) is 11.1 Å². The van der Waals surface area contributed by atoms with Gasteiger partial charge in [0.05, 0.1) is 5.60 Å². The second kappa shape index (κ2) is 7.62. The lowest BCUT2D eigenvalue weighted by Crippen LogP contribution is -2.32. The van der Waals surface area contributed by atoms with Crippen LogP contribution in [0.3, 0.4) is 0 Å². The number of fused-ring (bicyclic) bond motifs is 4. The molecule has 0 aromatic heterocycles. The maximum atomic E-state index is 12.3. The molecule has 5 rings (SSSR count). The summed E-state index contributed by atoms with van der Waals surface area (Å²) in [6.07, 6.45) is 1.61. The Morgan fingerprint density at radius 1 is 0.967 bits per heavy atom. The van der Waals surface area contributed by atoms with Gasteiger partial charge in [-0.25, -0.2) is 4.79 Å². The van der Waals surface area contributed by atoms with E-state index in [9.17, 15) is 9.90 Å². The van der Waals surface area contributed by atoms with Crippen LogP contribution in [0, 0.1) is 0 Å². The lowest BCUT2D eigenvalue weighted by atomic mass is 9.92.